The SMILES string of the molecule is CC[C@@H](C)c1nc2ccc(Br)cc2c(=O)n1N=Cc1cc(Br)c(OCc2ccc(Cl)cc2)c([N+](=O)[O-])c1. The van der Waals surface area contributed by atoms with Gasteiger partial charge >= 0.3 is 5.69 Å². The number of fused-ring (bicyclic) bond motifs is 1. The van der Waals surface area contributed by atoms with Crippen LogP contribution in [0.25, 0.3) is 10.9 Å². The van der Waals surface area contributed by atoms with Crippen molar-refractivity contribution in [2.75, 3.05) is 0 Å². The summed E-state index contributed by atoms with van der Waals surface area (Å²) in [6.45, 7) is 4.09. The first-order valence-corrected chi connectivity index (χ1v) is 13.3. The van der Waals surface area contributed by atoms with Crippen LogP contribution in [-0.4, -0.2) is 20.8 Å². The van der Waals surface area contributed by atoms with Gasteiger partial charge in [0.2, 0.25) is 5.75 Å². The van der Waals surface area contributed by atoms with Crippen LogP contribution >= 0.6 is 43.5 Å². The first kappa shape index (κ1) is 27.0. The first-order valence-electron chi connectivity index (χ1n) is 11.3. The molecule has 0 aliphatic rings. The molecule has 0 bridgehead atoms. The Kier molecular flexibility index (Phi) is 8.41. The monoisotopic (exact) mass is 646 g/mol. The number of rotatable bonds is 8. The van der Waals surface area contributed by atoms with Gasteiger partial charge in [-0.2, -0.15) is 9.78 Å². The minimum Gasteiger partial charge on any atom is -0.481 e. The van der Waals surface area contributed by atoms with E-state index in [1.807, 2.05) is 19.9 Å². The molecule has 0 amide bonds. The van der Waals surface area contributed by atoms with Crippen LogP contribution in [0.4, 0.5) is 5.69 Å². The Balaban J connectivity index is 1.73. The van der Waals surface area contributed by atoms with Crippen molar-refractivity contribution in [3.8, 4) is 5.75 Å². The van der Waals surface area contributed by atoms with E-state index in [-0.39, 0.29) is 29.5 Å². The number of nitro benzene ring substituents is 1. The average Bonchev–Trinajstić information content (AvgIpc) is 2.87. The topological polar surface area (TPSA) is 99.6 Å². The molecule has 37 heavy (non-hydrogen) atoms. The lowest BCUT2D eigenvalue weighted by Gasteiger charge is -2.14. The lowest BCUT2D eigenvalue weighted by atomic mass is 10.1. The molecule has 0 spiro atoms. The number of ether oxygens (including phenoxy) is 1. The third-order valence-corrected chi connectivity index (χ3v) is 7.08. The zero-order chi connectivity index (χ0) is 26.7. The smallest absolute Gasteiger partial charge is 0.312 e. The van der Waals surface area contributed by atoms with Crippen molar-refractivity contribution in [2.45, 2.75) is 32.8 Å². The second-order valence-corrected chi connectivity index (χ2v) is 10.5. The highest BCUT2D eigenvalue weighted by Gasteiger charge is 2.21. The Hall–Kier alpha value is -3.08. The summed E-state index contributed by atoms with van der Waals surface area (Å²) in [5, 5.41) is 17.2. The third kappa shape index (κ3) is 6.08. The molecular weight excluding hydrogens is 628 g/mol. The molecule has 4 rings (SSSR count). The van der Waals surface area contributed by atoms with Crippen molar-refractivity contribution in [1.82, 2.24) is 9.66 Å². The van der Waals surface area contributed by atoms with Gasteiger partial charge in [0.05, 0.1) is 26.5 Å². The number of aromatic nitrogens is 2. The van der Waals surface area contributed by atoms with Crippen LogP contribution in [0.5, 0.6) is 5.75 Å². The molecule has 1 aromatic heterocycles. The van der Waals surface area contributed by atoms with Gasteiger partial charge in [-0.3, -0.25) is 14.9 Å². The van der Waals surface area contributed by atoms with Crippen LogP contribution in [0, 0.1) is 10.1 Å². The quantitative estimate of drug-likeness (QED) is 0.112. The van der Waals surface area contributed by atoms with Gasteiger partial charge in [0.1, 0.15) is 12.4 Å². The van der Waals surface area contributed by atoms with Crippen molar-refractivity contribution >= 4 is 66.3 Å². The normalized spacial score (nSPS) is 12.2. The minimum atomic E-state index is -0.523. The standard InChI is InChI=1S/C26H21Br2ClN4O4/c1-3-15(2)25-31-22-9-6-18(27)12-20(22)26(34)32(25)30-13-17-10-21(28)24(23(11-17)33(35)36)37-14-16-4-7-19(29)8-5-16/h4-13,15H,3,14H2,1-2H3/t15-/m1/s1. The first-order chi connectivity index (χ1) is 17.7. The van der Waals surface area contributed by atoms with Gasteiger partial charge in [0.25, 0.3) is 5.56 Å². The average molecular weight is 649 g/mol. The van der Waals surface area contributed by atoms with Gasteiger partial charge < -0.3 is 4.74 Å². The maximum Gasteiger partial charge on any atom is 0.312 e. The third-order valence-electron chi connectivity index (χ3n) is 5.75. The highest BCUT2D eigenvalue weighted by atomic mass is 79.9. The maximum absolute atomic E-state index is 13.3. The van der Waals surface area contributed by atoms with E-state index in [0.29, 0.717) is 31.8 Å². The lowest BCUT2D eigenvalue weighted by Crippen LogP contribution is -2.23. The summed E-state index contributed by atoms with van der Waals surface area (Å²) in [6.07, 6.45) is 2.15. The maximum atomic E-state index is 13.3. The Morgan fingerprint density at radius 3 is 2.59 bits per heavy atom. The Morgan fingerprint density at radius 2 is 1.92 bits per heavy atom. The van der Waals surface area contributed by atoms with Crippen molar-refractivity contribution in [3.63, 3.8) is 0 Å². The van der Waals surface area contributed by atoms with Crippen molar-refractivity contribution in [1.29, 1.82) is 0 Å². The van der Waals surface area contributed by atoms with E-state index in [1.54, 1.807) is 42.5 Å². The van der Waals surface area contributed by atoms with Gasteiger partial charge in [-0.05, 0) is 64.3 Å². The summed E-state index contributed by atoms with van der Waals surface area (Å²) in [4.78, 5) is 29.3. The number of nitrogens with zero attached hydrogens (tertiary/aromatic N) is 4. The fourth-order valence-electron chi connectivity index (χ4n) is 3.59. The van der Waals surface area contributed by atoms with E-state index < -0.39 is 4.92 Å². The van der Waals surface area contributed by atoms with Gasteiger partial charge in [-0.15, -0.1) is 0 Å². The highest BCUT2D eigenvalue weighted by Crippen LogP contribution is 2.36. The van der Waals surface area contributed by atoms with Crippen LogP contribution < -0.4 is 10.3 Å². The van der Waals surface area contributed by atoms with E-state index in [2.05, 4.69) is 41.9 Å². The van der Waals surface area contributed by atoms with Crippen LogP contribution in [0.2, 0.25) is 5.02 Å². The molecular formula is C26H21Br2ClN4O4. The molecule has 0 saturated heterocycles. The molecule has 1 heterocycles. The van der Waals surface area contributed by atoms with Crippen LogP contribution in [0.3, 0.4) is 0 Å². The summed E-state index contributed by atoms with van der Waals surface area (Å²) in [5.41, 5.74) is 1.24. The molecule has 0 N–H and O–H groups in total. The van der Waals surface area contributed by atoms with Crippen molar-refractivity contribution < 1.29 is 9.66 Å². The molecule has 4 aromatic rings. The van der Waals surface area contributed by atoms with Crippen LogP contribution in [0.15, 0.2) is 73.4 Å². The van der Waals surface area contributed by atoms with E-state index in [9.17, 15) is 14.9 Å². The zero-order valence-electron chi connectivity index (χ0n) is 19.8. The zero-order valence-corrected chi connectivity index (χ0v) is 23.7. The number of benzene rings is 3. The molecule has 1 atom stereocenters. The van der Waals surface area contributed by atoms with Gasteiger partial charge in [-0.1, -0.05) is 53.5 Å². The number of hydrogen-bond donors (Lipinski definition) is 0. The van der Waals surface area contributed by atoms with E-state index in [4.69, 9.17) is 16.3 Å². The Morgan fingerprint density at radius 1 is 1.19 bits per heavy atom. The number of nitro groups is 1. The van der Waals surface area contributed by atoms with Crippen molar-refractivity contribution in [3.05, 3.63) is 106 Å². The molecule has 8 nitrogen and oxygen atoms in total. The predicted molar refractivity (Wildman–Crippen MR) is 152 cm³/mol. The lowest BCUT2D eigenvalue weighted by molar-refractivity contribution is -0.386. The molecule has 0 aliphatic heterocycles. The molecule has 0 radical (unpaired) electrons. The predicted octanol–water partition coefficient (Wildman–Crippen LogP) is 7.46. The number of hydrogen-bond acceptors (Lipinski definition) is 6. The molecule has 0 fully saturated rings. The molecule has 0 aliphatic carbocycles. The van der Waals surface area contributed by atoms with E-state index >= 15 is 0 Å². The van der Waals surface area contributed by atoms with Crippen LogP contribution in [-0.2, 0) is 6.61 Å². The summed E-state index contributed by atoms with van der Waals surface area (Å²) in [5.74, 6) is 0.560. The summed E-state index contributed by atoms with van der Waals surface area (Å²) in [7, 11) is 0. The Bertz CT molecular complexity index is 1570. The molecule has 190 valence electrons. The highest BCUT2D eigenvalue weighted by molar-refractivity contribution is 9.10. The molecule has 0 unspecified atom stereocenters. The summed E-state index contributed by atoms with van der Waals surface area (Å²) in [6, 6.07) is 15.3. The van der Waals surface area contributed by atoms with Gasteiger partial charge in [-0.25, -0.2) is 4.98 Å². The number of halogens is 3. The minimum absolute atomic E-state index is 0.0392. The molecule has 3 aromatic carbocycles. The Labute approximate surface area is 234 Å². The summed E-state index contributed by atoms with van der Waals surface area (Å²) < 4.78 is 8.16. The van der Waals surface area contributed by atoms with Crippen LogP contribution in [0.1, 0.15) is 43.1 Å². The van der Waals surface area contributed by atoms with Gasteiger partial charge in [0.15, 0.2) is 0 Å². The second kappa shape index (κ2) is 11.5. The molecule has 11 heteroatoms. The van der Waals surface area contributed by atoms with E-state index in [1.165, 1.54) is 17.0 Å². The molecule has 0 saturated carbocycles. The fraction of sp³-hybridized carbons (Fsp3) is 0.192. The largest absolute Gasteiger partial charge is 0.481 e. The fourth-order valence-corrected chi connectivity index (χ4v) is 4.66. The van der Waals surface area contributed by atoms with Gasteiger partial charge in [0, 0.05) is 27.0 Å². The van der Waals surface area contributed by atoms with E-state index in [0.717, 1.165) is 16.5 Å². The second-order valence-electron chi connectivity index (χ2n) is 8.33. The van der Waals surface area contributed by atoms with Crippen molar-refractivity contribution in [2.24, 2.45) is 5.10 Å². The summed E-state index contributed by atoms with van der Waals surface area (Å²) >= 11 is 12.7.